The first-order chi connectivity index (χ1) is 18.9. The van der Waals surface area contributed by atoms with E-state index in [2.05, 4.69) is 132 Å². The molecule has 9 rings (SSSR count). The fourth-order valence-electron chi connectivity index (χ4n) is 6.55. The van der Waals surface area contributed by atoms with Crippen molar-refractivity contribution in [1.29, 1.82) is 0 Å². The summed E-state index contributed by atoms with van der Waals surface area (Å²) >= 11 is 0.316. The predicted molar refractivity (Wildman–Crippen MR) is 166 cm³/mol. The molecule has 38 heavy (non-hydrogen) atoms. The molecule has 0 N–H and O–H groups in total. The number of aromatic nitrogens is 1. The molecule has 0 unspecified atom stereocenters. The molecule has 176 valence electrons. The van der Waals surface area contributed by atoms with Crippen molar-refractivity contribution in [3.63, 3.8) is 0 Å². The van der Waals surface area contributed by atoms with Crippen LogP contribution in [0, 0.1) is 0 Å². The molecule has 0 aliphatic heterocycles. The van der Waals surface area contributed by atoms with E-state index in [0.29, 0.717) is 14.5 Å². The van der Waals surface area contributed by atoms with Gasteiger partial charge in [-0.25, -0.2) is 0 Å². The molecule has 0 bridgehead atoms. The number of rotatable bonds is 0. The van der Waals surface area contributed by atoms with Gasteiger partial charge in [0.2, 0.25) is 0 Å². The van der Waals surface area contributed by atoms with E-state index in [1.807, 2.05) is 0 Å². The molecule has 0 saturated carbocycles. The van der Waals surface area contributed by atoms with Crippen LogP contribution in [-0.2, 0) is 0 Å². The third-order valence-corrected chi connectivity index (χ3v) is 10.5. The van der Waals surface area contributed by atoms with Crippen molar-refractivity contribution < 1.29 is 0 Å². The Morgan fingerprint density at radius 2 is 0.868 bits per heavy atom. The quantitative estimate of drug-likeness (QED) is 0.167. The first kappa shape index (κ1) is 20.7. The van der Waals surface area contributed by atoms with E-state index in [1.165, 1.54) is 78.9 Å². The molecular weight excluding hydrogens is 525 g/mol. The van der Waals surface area contributed by atoms with Crippen molar-refractivity contribution in [3.05, 3.63) is 127 Å². The van der Waals surface area contributed by atoms with Gasteiger partial charge in [0.15, 0.2) is 0 Å². The Morgan fingerprint density at radius 1 is 0.342 bits per heavy atom. The van der Waals surface area contributed by atoms with Crippen LogP contribution in [0.15, 0.2) is 127 Å². The molecule has 0 atom stereocenters. The van der Waals surface area contributed by atoms with Gasteiger partial charge in [-0.15, -0.1) is 0 Å². The van der Waals surface area contributed by atoms with Gasteiger partial charge in [0.05, 0.1) is 0 Å². The zero-order chi connectivity index (χ0) is 24.8. The molecular formula is C36H21NSe. The third kappa shape index (κ3) is 2.66. The monoisotopic (exact) mass is 547 g/mol. The van der Waals surface area contributed by atoms with Crippen LogP contribution in [0.3, 0.4) is 0 Å². The normalized spacial score (nSPS) is 12.2. The van der Waals surface area contributed by atoms with Crippen molar-refractivity contribution in [2.45, 2.75) is 0 Å². The SMILES string of the molecule is c1ccc2c(c1)[se]c1cc3c(cc12)c1cccc2c4ccccc4c4ccccc4c4ccccc4n3c21. The van der Waals surface area contributed by atoms with Gasteiger partial charge in [-0.1, -0.05) is 0 Å². The Bertz CT molecular complexity index is 2460. The van der Waals surface area contributed by atoms with Crippen LogP contribution in [0.4, 0.5) is 0 Å². The van der Waals surface area contributed by atoms with E-state index in [1.54, 1.807) is 0 Å². The van der Waals surface area contributed by atoms with E-state index in [4.69, 9.17) is 0 Å². The minimum absolute atomic E-state index is 0.316. The van der Waals surface area contributed by atoms with Crippen LogP contribution in [0.5, 0.6) is 0 Å². The Kier molecular flexibility index (Phi) is 4.12. The second-order valence-corrected chi connectivity index (χ2v) is 12.4. The molecule has 1 nitrogen and oxygen atoms in total. The van der Waals surface area contributed by atoms with Gasteiger partial charge >= 0.3 is 225 Å². The van der Waals surface area contributed by atoms with E-state index in [-0.39, 0.29) is 0 Å². The first-order valence-electron chi connectivity index (χ1n) is 13.0. The van der Waals surface area contributed by atoms with E-state index in [9.17, 15) is 0 Å². The zero-order valence-corrected chi connectivity index (χ0v) is 22.2. The minimum atomic E-state index is 0.316. The Balaban J connectivity index is 1.70. The van der Waals surface area contributed by atoms with Gasteiger partial charge in [-0.05, 0) is 0 Å². The van der Waals surface area contributed by atoms with Crippen LogP contribution in [-0.4, -0.2) is 18.9 Å². The molecule has 2 heteroatoms. The number of nitrogens with zero attached hydrogens (tertiary/aromatic N) is 1. The average molecular weight is 547 g/mol. The molecule has 3 heterocycles. The van der Waals surface area contributed by atoms with Gasteiger partial charge < -0.3 is 0 Å². The number of hydrogen-bond donors (Lipinski definition) is 0. The molecule has 9 aromatic rings. The average Bonchev–Trinajstić information content (AvgIpc) is 3.51. The summed E-state index contributed by atoms with van der Waals surface area (Å²) in [6, 6.07) is 47.5. The van der Waals surface area contributed by atoms with E-state index < -0.39 is 0 Å². The second-order valence-electron chi connectivity index (χ2n) is 10.1. The summed E-state index contributed by atoms with van der Waals surface area (Å²) in [4.78, 5) is 0. The standard InChI is InChI=1S/C36H21NSe/c1-3-12-24-22(10-1)23-11-2-4-13-25(23)28-16-9-17-29-30-20-31-27-15-6-8-19-34(27)38-35(31)21-33(30)37(36(28)29)32-18-7-5-14-26(24)32/h1-21H. The summed E-state index contributed by atoms with van der Waals surface area (Å²) in [6.07, 6.45) is 0. The number of hydrogen-bond acceptors (Lipinski definition) is 0. The molecule has 0 spiro atoms. The summed E-state index contributed by atoms with van der Waals surface area (Å²) in [5.74, 6) is 0. The molecule has 3 aromatic heterocycles. The molecule has 0 aliphatic carbocycles. The number of benzene rings is 6. The topological polar surface area (TPSA) is 4.41 Å². The summed E-state index contributed by atoms with van der Waals surface area (Å²) < 4.78 is 5.51. The summed E-state index contributed by atoms with van der Waals surface area (Å²) in [5.41, 5.74) is 3.83. The fraction of sp³-hybridized carbons (Fsp3) is 0. The van der Waals surface area contributed by atoms with Gasteiger partial charge in [-0.3, -0.25) is 0 Å². The Labute approximate surface area is 224 Å². The van der Waals surface area contributed by atoms with Crippen molar-refractivity contribution in [1.82, 2.24) is 4.40 Å². The molecule has 0 amide bonds. The van der Waals surface area contributed by atoms with Crippen LogP contribution < -0.4 is 0 Å². The number of fused-ring (bicyclic) bond motifs is 13. The molecule has 0 aliphatic rings. The summed E-state index contributed by atoms with van der Waals surface area (Å²) in [7, 11) is 0. The zero-order valence-electron chi connectivity index (χ0n) is 20.5. The molecule has 0 saturated heterocycles. The van der Waals surface area contributed by atoms with Crippen molar-refractivity contribution in [2.24, 2.45) is 0 Å². The third-order valence-electron chi connectivity index (χ3n) is 8.16. The Hall–Kier alpha value is -4.36. The van der Waals surface area contributed by atoms with Crippen LogP contribution in [0.1, 0.15) is 0 Å². The molecule has 0 radical (unpaired) electrons. The summed E-state index contributed by atoms with van der Waals surface area (Å²) in [6.45, 7) is 0. The van der Waals surface area contributed by atoms with Crippen molar-refractivity contribution in [2.75, 3.05) is 0 Å². The van der Waals surface area contributed by atoms with Crippen molar-refractivity contribution in [3.8, 4) is 0 Å². The fourth-order valence-corrected chi connectivity index (χ4v) is 8.90. The van der Waals surface area contributed by atoms with E-state index in [0.717, 1.165) is 0 Å². The summed E-state index contributed by atoms with van der Waals surface area (Å²) in [5, 5.41) is 13.1. The first-order valence-corrected chi connectivity index (χ1v) is 14.8. The molecule has 0 fully saturated rings. The van der Waals surface area contributed by atoms with Crippen LogP contribution in [0.2, 0.25) is 0 Å². The van der Waals surface area contributed by atoms with Crippen LogP contribution in [0.25, 0.3) is 78.9 Å². The van der Waals surface area contributed by atoms with Crippen molar-refractivity contribution >= 4 is 93.4 Å². The van der Waals surface area contributed by atoms with Gasteiger partial charge in [0.25, 0.3) is 0 Å². The Morgan fingerprint density at radius 3 is 1.61 bits per heavy atom. The van der Waals surface area contributed by atoms with Gasteiger partial charge in [0.1, 0.15) is 0 Å². The maximum atomic E-state index is 2.55. The van der Waals surface area contributed by atoms with Gasteiger partial charge in [0, 0.05) is 0 Å². The predicted octanol–water partition coefficient (Wildman–Crippen LogP) is 9.63. The van der Waals surface area contributed by atoms with Gasteiger partial charge in [-0.2, -0.15) is 0 Å². The second kappa shape index (κ2) is 7.58. The van der Waals surface area contributed by atoms with Crippen LogP contribution >= 0.6 is 0 Å². The maximum absolute atomic E-state index is 2.55. The molecule has 6 aromatic carbocycles. The number of para-hydroxylation sites is 2. The van der Waals surface area contributed by atoms with E-state index >= 15 is 0 Å².